The zero-order chi connectivity index (χ0) is 15.1. The molecule has 2 fully saturated rings. The maximum atomic E-state index is 12.7. The number of hydrogen-bond acceptors (Lipinski definition) is 3. The molecule has 0 spiro atoms. The van der Waals surface area contributed by atoms with Crippen LogP contribution in [0.2, 0.25) is 0 Å². The van der Waals surface area contributed by atoms with Crippen LogP contribution in [0, 0.1) is 17.3 Å². The van der Waals surface area contributed by atoms with Gasteiger partial charge < -0.3 is 15.8 Å². The van der Waals surface area contributed by atoms with E-state index >= 15 is 0 Å². The lowest BCUT2D eigenvalue weighted by Crippen LogP contribution is -2.80. The number of rotatable bonds is 5. The zero-order valence-electron chi connectivity index (χ0n) is 13.5. The highest BCUT2D eigenvalue weighted by atomic mass is 16.5. The topological polar surface area (TPSA) is 64.4 Å². The van der Waals surface area contributed by atoms with Crippen LogP contribution in [0.1, 0.15) is 53.9 Å². The van der Waals surface area contributed by atoms with Gasteiger partial charge in [-0.05, 0) is 32.1 Å². The minimum absolute atomic E-state index is 0.00510. The van der Waals surface area contributed by atoms with Gasteiger partial charge in [-0.3, -0.25) is 4.79 Å². The summed E-state index contributed by atoms with van der Waals surface area (Å²) in [5.41, 5.74) is 5.46. The molecule has 0 radical (unpaired) electrons. The standard InChI is InChI=1S/C16H30N2O2/c1-10(2)6-7-11(3)18-14(19)16(17)12-8-9-20-13(12)15(16,4)5/h10-13H,6-9,17H2,1-5H3,(H,18,19). The fourth-order valence-electron chi connectivity index (χ4n) is 3.84. The summed E-state index contributed by atoms with van der Waals surface area (Å²) in [6, 6.07) is 0.183. The third kappa shape index (κ3) is 2.27. The van der Waals surface area contributed by atoms with Crippen LogP contribution in [0.3, 0.4) is 0 Å². The fraction of sp³-hybridized carbons (Fsp3) is 0.938. The van der Waals surface area contributed by atoms with Gasteiger partial charge in [0.15, 0.2) is 0 Å². The number of nitrogens with two attached hydrogens (primary N) is 1. The van der Waals surface area contributed by atoms with Crippen molar-refractivity contribution in [2.75, 3.05) is 6.61 Å². The normalized spacial score (nSPS) is 36.4. The maximum Gasteiger partial charge on any atom is 0.241 e. The van der Waals surface area contributed by atoms with Crippen LogP contribution < -0.4 is 11.1 Å². The van der Waals surface area contributed by atoms with Crippen LogP contribution in [0.25, 0.3) is 0 Å². The smallest absolute Gasteiger partial charge is 0.241 e. The van der Waals surface area contributed by atoms with Gasteiger partial charge in [0.2, 0.25) is 5.91 Å². The number of amides is 1. The molecule has 1 aliphatic carbocycles. The number of fused-ring (bicyclic) bond motifs is 1. The van der Waals surface area contributed by atoms with E-state index in [1.54, 1.807) is 0 Å². The monoisotopic (exact) mass is 282 g/mol. The molecule has 2 rings (SSSR count). The van der Waals surface area contributed by atoms with Gasteiger partial charge in [0.25, 0.3) is 0 Å². The van der Waals surface area contributed by atoms with Crippen molar-refractivity contribution in [1.29, 1.82) is 0 Å². The molecule has 0 aromatic heterocycles. The summed E-state index contributed by atoms with van der Waals surface area (Å²) in [5.74, 6) is 0.842. The van der Waals surface area contributed by atoms with Crippen molar-refractivity contribution in [1.82, 2.24) is 5.32 Å². The van der Waals surface area contributed by atoms with Crippen molar-refractivity contribution in [2.24, 2.45) is 23.0 Å². The molecule has 1 saturated carbocycles. The van der Waals surface area contributed by atoms with E-state index < -0.39 is 5.54 Å². The van der Waals surface area contributed by atoms with Crippen molar-refractivity contribution in [2.45, 2.75) is 71.6 Å². The molecule has 20 heavy (non-hydrogen) atoms. The van der Waals surface area contributed by atoms with E-state index in [4.69, 9.17) is 10.5 Å². The van der Waals surface area contributed by atoms with Gasteiger partial charge in [0.1, 0.15) is 5.54 Å². The second-order valence-corrected chi connectivity index (χ2v) is 7.62. The summed E-state index contributed by atoms with van der Waals surface area (Å²) in [6.07, 6.45) is 3.17. The van der Waals surface area contributed by atoms with Crippen LogP contribution in [0.5, 0.6) is 0 Å². The number of hydrogen-bond donors (Lipinski definition) is 2. The fourth-order valence-corrected chi connectivity index (χ4v) is 3.84. The Kier molecular flexibility index (Phi) is 4.18. The third-order valence-corrected chi connectivity index (χ3v) is 5.38. The van der Waals surface area contributed by atoms with Crippen molar-refractivity contribution >= 4 is 5.91 Å². The lowest BCUT2D eigenvalue weighted by molar-refractivity contribution is -0.175. The molecule has 4 nitrogen and oxygen atoms in total. The highest BCUT2D eigenvalue weighted by Gasteiger charge is 2.71. The Hall–Kier alpha value is -0.610. The van der Waals surface area contributed by atoms with E-state index in [9.17, 15) is 4.79 Å². The summed E-state index contributed by atoms with van der Waals surface area (Å²) in [7, 11) is 0. The molecule has 1 amide bonds. The summed E-state index contributed by atoms with van der Waals surface area (Å²) >= 11 is 0. The molecule has 1 heterocycles. The molecule has 0 aromatic carbocycles. The molecule has 4 atom stereocenters. The Bertz CT molecular complexity index is 381. The number of ether oxygens (including phenoxy) is 1. The van der Waals surface area contributed by atoms with Gasteiger partial charge in [-0.2, -0.15) is 0 Å². The Morgan fingerprint density at radius 3 is 2.60 bits per heavy atom. The van der Waals surface area contributed by atoms with E-state index in [-0.39, 0.29) is 29.4 Å². The van der Waals surface area contributed by atoms with Crippen molar-refractivity contribution in [3.05, 3.63) is 0 Å². The average molecular weight is 282 g/mol. The average Bonchev–Trinajstić information content (AvgIpc) is 2.83. The van der Waals surface area contributed by atoms with E-state index in [1.165, 1.54) is 0 Å². The quantitative estimate of drug-likeness (QED) is 0.811. The molecule has 4 heteroatoms. The second kappa shape index (κ2) is 5.30. The van der Waals surface area contributed by atoms with Crippen LogP contribution in [-0.4, -0.2) is 30.2 Å². The van der Waals surface area contributed by atoms with Crippen LogP contribution in [0.15, 0.2) is 0 Å². The van der Waals surface area contributed by atoms with Crippen LogP contribution in [-0.2, 0) is 9.53 Å². The summed E-state index contributed by atoms with van der Waals surface area (Å²) in [6.45, 7) is 11.3. The molecule has 1 saturated heterocycles. The first-order valence-corrected chi connectivity index (χ1v) is 7.92. The Morgan fingerprint density at radius 2 is 2.00 bits per heavy atom. The summed E-state index contributed by atoms with van der Waals surface area (Å²) in [5, 5.41) is 3.13. The number of carbonyl (C=O) groups excluding carboxylic acids is 1. The molecule has 4 unspecified atom stereocenters. The molecule has 116 valence electrons. The molecular formula is C16H30N2O2. The van der Waals surface area contributed by atoms with E-state index in [0.29, 0.717) is 5.92 Å². The van der Waals surface area contributed by atoms with Gasteiger partial charge in [-0.25, -0.2) is 0 Å². The van der Waals surface area contributed by atoms with Gasteiger partial charge in [0.05, 0.1) is 6.10 Å². The summed E-state index contributed by atoms with van der Waals surface area (Å²) in [4.78, 5) is 12.7. The molecular weight excluding hydrogens is 252 g/mol. The van der Waals surface area contributed by atoms with Crippen LogP contribution in [0.4, 0.5) is 0 Å². The SMILES string of the molecule is CC(C)CCC(C)NC(=O)C1(N)C2CCOC2C1(C)C. The van der Waals surface area contributed by atoms with E-state index in [1.807, 2.05) is 0 Å². The lowest BCUT2D eigenvalue weighted by Gasteiger charge is -2.60. The highest BCUT2D eigenvalue weighted by Crippen LogP contribution is 2.58. The molecule has 0 aromatic rings. The summed E-state index contributed by atoms with van der Waals surface area (Å²) < 4.78 is 5.74. The van der Waals surface area contributed by atoms with E-state index in [0.717, 1.165) is 25.9 Å². The molecule has 2 aliphatic rings. The lowest BCUT2D eigenvalue weighted by atomic mass is 9.48. The van der Waals surface area contributed by atoms with Gasteiger partial charge >= 0.3 is 0 Å². The maximum absolute atomic E-state index is 12.7. The first-order chi connectivity index (χ1) is 9.21. The number of carbonyl (C=O) groups is 1. The number of nitrogens with one attached hydrogen (secondary N) is 1. The Labute approximate surface area is 122 Å². The predicted molar refractivity (Wildman–Crippen MR) is 80.2 cm³/mol. The van der Waals surface area contributed by atoms with Crippen molar-refractivity contribution in [3.63, 3.8) is 0 Å². The Morgan fingerprint density at radius 1 is 1.35 bits per heavy atom. The van der Waals surface area contributed by atoms with Gasteiger partial charge in [-0.15, -0.1) is 0 Å². The largest absolute Gasteiger partial charge is 0.377 e. The van der Waals surface area contributed by atoms with Crippen molar-refractivity contribution in [3.8, 4) is 0 Å². The molecule has 0 bridgehead atoms. The minimum Gasteiger partial charge on any atom is -0.377 e. The van der Waals surface area contributed by atoms with Gasteiger partial charge in [-0.1, -0.05) is 27.7 Å². The zero-order valence-corrected chi connectivity index (χ0v) is 13.5. The molecule has 1 aliphatic heterocycles. The highest BCUT2D eigenvalue weighted by molar-refractivity contribution is 5.89. The minimum atomic E-state index is -0.778. The first-order valence-electron chi connectivity index (χ1n) is 7.92. The first kappa shape index (κ1) is 15.8. The van der Waals surface area contributed by atoms with Crippen LogP contribution >= 0.6 is 0 Å². The van der Waals surface area contributed by atoms with E-state index in [2.05, 4.69) is 39.9 Å². The molecule has 3 N–H and O–H groups in total. The second-order valence-electron chi connectivity index (χ2n) is 7.62. The van der Waals surface area contributed by atoms with Crippen molar-refractivity contribution < 1.29 is 9.53 Å². The van der Waals surface area contributed by atoms with Gasteiger partial charge in [0, 0.05) is 24.0 Å². The predicted octanol–water partition coefficient (Wildman–Crippen LogP) is 2.07. The third-order valence-electron chi connectivity index (χ3n) is 5.38. The Balaban J connectivity index is 1.98.